The fourth-order valence-electron chi connectivity index (χ4n) is 3.14. The van der Waals surface area contributed by atoms with E-state index in [9.17, 15) is 5.11 Å². The van der Waals surface area contributed by atoms with Gasteiger partial charge in [-0.05, 0) is 43.1 Å². The Morgan fingerprint density at radius 3 is 2.72 bits per heavy atom. The largest absolute Gasteiger partial charge is 0.508 e. The van der Waals surface area contributed by atoms with Crippen LogP contribution < -0.4 is 10.1 Å². The summed E-state index contributed by atoms with van der Waals surface area (Å²) in [6.07, 6.45) is 0. The van der Waals surface area contributed by atoms with Gasteiger partial charge in [-0.25, -0.2) is 0 Å². The van der Waals surface area contributed by atoms with Crippen LogP contribution in [0.15, 0.2) is 18.2 Å². The van der Waals surface area contributed by atoms with Crippen LogP contribution in [0.1, 0.15) is 5.56 Å². The summed E-state index contributed by atoms with van der Waals surface area (Å²) in [6.45, 7) is 5.37. The highest BCUT2D eigenvalue weighted by Gasteiger charge is 2.35. The quantitative estimate of drug-likeness (QED) is 0.839. The fraction of sp³-hybridized carbons (Fsp3) is 0.571. The Hall–Kier alpha value is -1.26. The average Bonchev–Trinajstić information content (AvgIpc) is 2.92. The lowest BCUT2D eigenvalue weighted by atomic mass is 10.0. The van der Waals surface area contributed by atoms with E-state index < -0.39 is 0 Å². The number of nitrogens with one attached hydrogen (secondary N) is 1. The zero-order valence-electron chi connectivity index (χ0n) is 10.7. The van der Waals surface area contributed by atoms with Gasteiger partial charge in [-0.1, -0.05) is 0 Å². The minimum atomic E-state index is 0.367. The molecule has 2 aliphatic heterocycles. The summed E-state index contributed by atoms with van der Waals surface area (Å²) in [5, 5.41) is 13.3. The fourth-order valence-corrected chi connectivity index (χ4v) is 3.14. The second-order valence-electron chi connectivity index (χ2n) is 5.37. The molecule has 98 valence electrons. The number of hydrogen-bond donors (Lipinski definition) is 2. The predicted molar refractivity (Wildman–Crippen MR) is 69.8 cm³/mol. The Morgan fingerprint density at radius 1 is 1.33 bits per heavy atom. The van der Waals surface area contributed by atoms with Crippen LogP contribution in [-0.2, 0) is 6.54 Å². The van der Waals surface area contributed by atoms with E-state index in [1.807, 2.05) is 6.07 Å². The SMILES string of the molecule is COc1ccc(O)c(CN2C[C@H]3CNC[C@H]3C2)c1. The lowest BCUT2D eigenvalue weighted by Gasteiger charge is -2.18. The van der Waals surface area contributed by atoms with Crippen LogP contribution in [0.3, 0.4) is 0 Å². The number of benzene rings is 1. The van der Waals surface area contributed by atoms with E-state index in [1.54, 1.807) is 19.2 Å². The van der Waals surface area contributed by atoms with Crippen molar-refractivity contribution in [2.75, 3.05) is 33.3 Å². The Labute approximate surface area is 108 Å². The third-order valence-corrected chi connectivity index (χ3v) is 4.15. The maximum Gasteiger partial charge on any atom is 0.120 e. The van der Waals surface area contributed by atoms with Gasteiger partial charge in [0, 0.05) is 25.2 Å². The summed E-state index contributed by atoms with van der Waals surface area (Å²) in [5.41, 5.74) is 0.960. The van der Waals surface area contributed by atoms with Crippen LogP contribution in [0, 0.1) is 11.8 Å². The molecule has 4 nitrogen and oxygen atoms in total. The number of methoxy groups -OCH3 is 1. The zero-order valence-corrected chi connectivity index (χ0v) is 10.7. The molecule has 0 aliphatic carbocycles. The van der Waals surface area contributed by atoms with Gasteiger partial charge < -0.3 is 15.2 Å². The van der Waals surface area contributed by atoms with Crippen molar-refractivity contribution in [2.24, 2.45) is 11.8 Å². The van der Waals surface area contributed by atoms with Gasteiger partial charge in [-0.2, -0.15) is 0 Å². The molecule has 2 aliphatic rings. The summed E-state index contributed by atoms with van der Waals surface area (Å²) >= 11 is 0. The van der Waals surface area contributed by atoms with Crippen LogP contribution in [-0.4, -0.2) is 43.3 Å². The van der Waals surface area contributed by atoms with Gasteiger partial charge in [0.15, 0.2) is 0 Å². The first-order chi connectivity index (χ1) is 8.76. The summed E-state index contributed by atoms with van der Waals surface area (Å²) < 4.78 is 5.21. The average molecular weight is 248 g/mol. The monoisotopic (exact) mass is 248 g/mol. The summed E-state index contributed by atoms with van der Waals surface area (Å²) in [7, 11) is 1.65. The zero-order chi connectivity index (χ0) is 12.5. The molecule has 4 heteroatoms. The van der Waals surface area contributed by atoms with Crippen molar-refractivity contribution < 1.29 is 9.84 Å². The minimum absolute atomic E-state index is 0.367. The van der Waals surface area contributed by atoms with Gasteiger partial charge in [0.05, 0.1) is 7.11 Å². The number of likely N-dealkylation sites (tertiary alicyclic amines) is 1. The van der Waals surface area contributed by atoms with Crippen LogP contribution in [0.5, 0.6) is 11.5 Å². The molecule has 0 saturated carbocycles. The van der Waals surface area contributed by atoms with Gasteiger partial charge in [-0.15, -0.1) is 0 Å². The molecule has 1 aromatic carbocycles. The molecular weight excluding hydrogens is 228 g/mol. The van der Waals surface area contributed by atoms with Crippen molar-refractivity contribution in [3.05, 3.63) is 23.8 Å². The number of rotatable bonds is 3. The molecule has 2 heterocycles. The second kappa shape index (κ2) is 4.78. The Kier molecular flexibility index (Phi) is 3.14. The van der Waals surface area contributed by atoms with Crippen molar-refractivity contribution in [1.82, 2.24) is 10.2 Å². The van der Waals surface area contributed by atoms with Crippen molar-refractivity contribution in [3.8, 4) is 11.5 Å². The van der Waals surface area contributed by atoms with Gasteiger partial charge >= 0.3 is 0 Å². The molecule has 2 atom stereocenters. The molecule has 0 unspecified atom stereocenters. The lowest BCUT2D eigenvalue weighted by Crippen LogP contribution is -2.25. The maximum atomic E-state index is 9.90. The van der Waals surface area contributed by atoms with E-state index in [0.717, 1.165) is 55.9 Å². The van der Waals surface area contributed by atoms with Crippen LogP contribution in [0.4, 0.5) is 0 Å². The van der Waals surface area contributed by atoms with Crippen LogP contribution in [0.25, 0.3) is 0 Å². The van der Waals surface area contributed by atoms with E-state index in [0.29, 0.717) is 5.75 Å². The normalized spacial score (nSPS) is 27.4. The molecule has 0 amide bonds. The van der Waals surface area contributed by atoms with Gasteiger partial charge in [0.1, 0.15) is 11.5 Å². The van der Waals surface area contributed by atoms with Gasteiger partial charge in [0.2, 0.25) is 0 Å². The number of hydrogen-bond acceptors (Lipinski definition) is 4. The Morgan fingerprint density at radius 2 is 2.06 bits per heavy atom. The molecule has 2 N–H and O–H groups in total. The number of phenolic OH excluding ortho intramolecular Hbond substituents is 1. The molecule has 2 fully saturated rings. The summed E-state index contributed by atoms with van der Waals surface area (Å²) in [6, 6.07) is 5.44. The molecule has 2 saturated heterocycles. The van der Waals surface area contributed by atoms with E-state index in [1.165, 1.54) is 0 Å². The number of aromatic hydroxyl groups is 1. The van der Waals surface area contributed by atoms with Gasteiger partial charge in [-0.3, -0.25) is 4.90 Å². The molecule has 1 aromatic rings. The predicted octanol–water partition coefficient (Wildman–Crippen LogP) is 1.05. The number of ether oxygens (including phenoxy) is 1. The number of fused-ring (bicyclic) bond motifs is 1. The Balaban J connectivity index is 1.69. The molecule has 0 spiro atoms. The first-order valence-electron chi connectivity index (χ1n) is 6.55. The molecule has 0 bridgehead atoms. The standard InChI is InChI=1S/C14H20N2O2/c1-18-13-2-3-14(17)10(4-13)7-16-8-11-5-15-6-12(11)9-16/h2-4,11-12,15,17H,5-9H2,1H3/t11-,12+. The molecular formula is C14H20N2O2. The van der Waals surface area contributed by atoms with E-state index in [2.05, 4.69) is 10.2 Å². The third kappa shape index (κ3) is 2.18. The number of nitrogens with zero attached hydrogens (tertiary/aromatic N) is 1. The molecule has 3 rings (SSSR count). The second-order valence-corrected chi connectivity index (χ2v) is 5.37. The first kappa shape index (κ1) is 11.8. The third-order valence-electron chi connectivity index (χ3n) is 4.15. The topological polar surface area (TPSA) is 44.7 Å². The highest BCUT2D eigenvalue weighted by molar-refractivity contribution is 5.39. The van der Waals surface area contributed by atoms with Crippen LogP contribution in [0.2, 0.25) is 0 Å². The molecule has 0 radical (unpaired) electrons. The van der Waals surface area contributed by atoms with Crippen molar-refractivity contribution >= 4 is 0 Å². The Bertz CT molecular complexity index is 424. The van der Waals surface area contributed by atoms with E-state index in [-0.39, 0.29) is 0 Å². The van der Waals surface area contributed by atoms with Gasteiger partial charge in [0.25, 0.3) is 0 Å². The number of phenols is 1. The van der Waals surface area contributed by atoms with Crippen LogP contribution >= 0.6 is 0 Å². The highest BCUT2D eigenvalue weighted by atomic mass is 16.5. The highest BCUT2D eigenvalue weighted by Crippen LogP contribution is 2.30. The van der Waals surface area contributed by atoms with Crippen molar-refractivity contribution in [2.45, 2.75) is 6.54 Å². The molecule has 18 heavy (non-hydrogen) atoms. The van der Waals surface area contributed by atoms with Crippen molar-refractivity contribution in [1.29, 1.82) is 0 Å². The lowest BCUT2D eigenvalue weighted by molar-refractivity contribution is 0.299. The van der Waals surface area contributed by atoms with E-state index >= 15 is 0 Å². The summed E-state index contributed by atoms with van der Waals surface area (Å²) in [4.78, 5) is 2.44. The first-order valence-corrected chi connectivity index (χ1v) is 6.55. The smallest absolute Gasteiger partial charge is 0.120 e. The summed E-state index contributed by atoms with van der Waals surface area (Å²) in [5.74, 6) is 2.75. The van der Waals surface area contributed by atoms with Crippen molar-refractivity contribution in [3.63, 3.8) is 0 Å². The maximum absolute atomic E-state index is 9.90. The minimum Gasteiger partial charge on any atom is -0.508 e. The van der Waals surface area contributed by atoms with E-state index in [4.69, 9.17) is 4.74 Å². The molecule has 0 aromatic heterocycles.